The Morgan fingerprint density at radius 1 is 1.15 bits per heavy atom. The lowest BCUT2D eigenvalue weighted by Gasteiger charge is -2.10. The molecule has 0 saturated carbocycles. The number of rotatable bonds is 9. The van der Waals surface area contributed by atoms with Gasteiger partial charge in [-0.3, -0.25) is 0 Å². The van der Waals surface area contributed by atoms with E-state index in [-0.39, 0.29) is 0 Å². The molecule has 3 N–H and O–H groups in total. The minimum Gasteiger partial charge on any atom is -0.370 e. The lowest BCUT2D eigenvalue weighted by atomic mass is 10.4. The van der Waals surface area contributed by atoms with Crippen molar-refractivity contribution in [1.29, 1.82) is 0 Å². The van der Waals surface area contributed by atoms with Crippen molar-refractivity contribution < 1.29 is 8.42 Å². The van der Waals surface area contributed by atoms with Crippen molar-refractivity contribution in [3.63, 3.8) is 0 Å². The van der Waals surface area contributed by atoms with E-state index in [4.69, 9.17) is 0 Å². The van der Waals surface area contributed by atoms with Gasteiger partial charge in [0.05, 0.1) is 6.26 Å². The fourth-order valence-corrected chi connectivity index (χ4v) is 2.23. The van der Waals surface area contributed by atoms with Crippen molar-refractivity contribution in [1.82, 2.24) is 14.7 Å². The van der Waals surface area contributed by atoms with Crippen LogP contribution in [-0.2, 0) is 10.0 Å². The van der Waals surface area contributed by atoms with E-state index in [9.17, 15) is 8.42 Å². The highest BCUT2D eigenvalue weighted by molar-refractivity contribution is 7.98. The van der Waals surface area contributed by atoms with Crippen molar-refractivity contribution in [3.05, 3.63) is 6.07 Å². The summed E-state index contributed by atoms with van der Waals surface area (Å²) in [5.74, 6) is 1.45. The molecule has 1 rings (SSSR count). The molecule has 0 fully saturated rings. The lowest BCUT2D eigenvalue weighted by Crippen LogP contribution is -2.27. The molecule has 0 aromatic carbocycles. The van der Waals surface area contributed by atoms with Gasteiger partial charge in [-0.1, -0.05) is 18.7 Å². The minimum absolute atomic E-state index is 0.315. The molecular weight excluding hydrogens is 298 g/mol. The predicted molar refractivity (Wildman–Crippen MR) is 83.9 cm³/mol. The first-order chi connectivity index (χ1) is 9.44. The van der Waals surface area contributed by atoms with Crippen LogP contribution in [0, 0.1) is 0 Å². The van der Waals surface area contributed by atoms with Gasteiger partial charge in [0.1, 0.15) is 11.6 Å². The van der Waals surface area contributed by atoms with Crippen LogP contribution in [0.15, 0.2) is 11.2 Å². The largest absolute Gasteiger partial charge is 0.370 e. The molecule has 0 atom stereocenters. The van der Waals surface area contributed by atoms with Crippen LogP contribution in [0.1, 0.15) is 13.3 Å². The molecule has 0 spiro atoms. The Morgan fingerprint density at radius 2 is 1.75 bits per heavy atom. The summed E-state index contributed by atoms with van der Waals surface area (Å²) < 4.78 is 24.3. The second-order valence-corrected chi connectivity index (χ2v) is 6.75. The van der Waals surface area contributed by atoms with Crippen LogP contribution in [0.4, 0.5) is 11.6 Å². The zero-order valence-corrected chi connectivity index (χ0v) is 13.6. The van der Waals surface area contributed by atoms with Gasteiger partial charge in [-0.2, -0.15) is 0 Å². The molecule has 0 bridgehead atoms. The predicted octanol–water partition coefficient (Wildman–Crippen LogP) is 0.981. The fraction of sp³-hybridized carbons (Fsp3) is 0.636. The van der Waals surface area contributed by atoms with Gasteiger partial charge in [-0.25, -0.2) is 23.1 Å². The number of hydrogen-bond donors (Lipinski definition) is 3. The van der Waals surface area contributed by atoms with Crippen molar-refractivity contribution in [2.45, 2.75) is 18.5 Å². The van der Waals surface area contributed by atoms with Gasteiger partial charge in [0.2, 0.25) is 10.0 Å². The maximum atomic E-state index is 10.9. The quantitative estimate of drug-likeness (QED) is 0.355. The number of nitrogens with one attached hydrogen (secondary N) is 3. The van der Waals surface area contributed by atoms with Crippen LogP contribution in [0.5, 0.6) is 0 Å². The summed E-state index contributed by atoms with van der Waals surface area (Å²) in [5.41, 5.74) is 0. The standard InChI is InChI=1S/C11H21N5O2S2/c1-4-5-12-9-8-10(16-11(15-9)19-2)13-6-7-14-20(3,17)18/h8,14H,4-7H2,1-3H3,(H2,12,13,15,16). The molecule has 20 heavy (non-hydrogen) atoms. The Kier molecular flexibility index (Phi) is 7.03. The third kappa shape index (κ3) is 6.92. The van der Waals surface area contributed by atoms with Gasteiger partial charge < -0.3 is 10.6 Å². The molecule has 0 aliphatic carbocycles. The first-order valence-electron chi connectivity index (χ1n) is 6.30. The van der Waals surface area contributed by atoms with E-state index < -0.39 is 10.0 Å². The van der Waals surface area contributed by atoms with Gasteiger partial charge in [-0.05, 0) is 12.7 Å². The number of anilines is 2. The molecule has 1 aromatic heterocycles. The average Bonchev–Trinajstić information content (AvgIpc) is 2.40. The Balaban J connectivity index is 2.59. The number of thioether (sulfide) groups is 1. The average molecular weight is 319 g/mol. The van der Waals surface area contributed by atoms with E-state index in [0.717, 1.165) is 25.0 Å². The maximum absolute atomic E-state index is 10.9. The fourth-order valence-electron chi connectivity index (χ4n) is 1.38. The second-order valence-electron chi connectivity index (χ2n) is 4.15. The minimum atomic E-state index is -3.15. The monoisotopic (exact) mass is 319 g/mol. The third-order valence-corrected chi connectivity index (χ3v) is 3.52. The summed E-state index contributed by atoms with van der Waals surface area (Å²) in [5, 5.41) is 6.96. The van der Waals surface area contributed by atoms with Gasteiger partial charge in [0.15, 0.2) is 5.16 Å². The molecule has 0 saturated heterocycles. The van der Waals surface area contributed by atoms with Gasteiger partial charge in [0, 0.05) is 25.7 Å². The maximum Gasteiger partial charge on any atom is 0.208 e. The molecule has 0 aliphatic rings. The lowest BCUT2D eigenvalue weighted by molar-refractivity contribution is 0.589. The van der Waals surface area contributed by atoms with Crippen LogP contribution in [0.2, 0.25) is 0 Å². The Hall–Kier alpha value is -1.06. The summed E-state index contributed by atoms with van der Waals surface area (Å²) >= 11 is 1.46. The van der Waals surface area contributed by atoms with Crippen molar-refractivity contribution in [2.75, 3.05) is 42.8 Å². The van der Waals surface area contributed by atoms with Crippen LogP contribution in [0.3, 0.4) is 0 Å². The zero-order valence-electron chi connectivity index (χ0n) is 11.9. The molecule has 114 valence electrons. The number of hydrogen-bond acceptors (Lipinski definition) is 7. The summed E-state index contributed by atoms with van der Waals surface area (Å²) in [7, 11) is -3.15. The zero-order chi connectivity index (χ0) is 15.0. The van der Waals surface area contributed by atoms with Crippen molar-refractivity contribution >= 4 is 33.4 Å². The summed E-state index contributed by atoms with van der Waals surface area (Å²) in [6, 6.07) is 1.82. The van der Waals surface area contributed by atoms with E-state index in [2.05, 4.69) is 32.2 Å². The highest BCUT2D eigenvalue weighted by Gasteiger charge is 2.04. The SMILES string of the molecule is CCCNc1cc(NCCNS(C)(=O)=O)nc(SC)n1. The smallest absolute Gasteiger partial charge is 0.208 e. The molecule has 0 unspecified atom stereocenters. The Labute approximate surface area is 124 Å². The van der Waals surface area contributed by atoms with E-state index in [1.54, 1.807) is 0 Å². The molecule has 0 amide bonds. The van der Waals surface area contributed by atoms with Crippen molar-refractivity contribution in [3.8, 4) is 0 Å². The summed E-state index contributed by atoms with van der Waals surface area (Å²) in [6.45, 7) is 3.71. The first-order valence-corrected chi connectivity index (χ1v) is 9.41. The van der Waals surface area contributed by atoms with Gasteiger partial charge in [0.25, 0.3) is 0 Å². The second kappa shape index (κ2) is 8.28. The molecule has 7 nitrogen and oxygen atoms in total. The topological polar surface area (TPSA) is 96.0 Å². The van der Waals surface area contributed by atoms with E-state index >= 15 is 0 Å². The molecule has 0 aliphatic heterocycles. The van der Waals surface area contributed by atoms with Gasteiger partial charge >= 0.3 is 0 Å². The van der Waals surface area contributed by atoms with E-state index in [1.807, 2.05) is 12.3 Å². The molecule has 9 heteroatoms. The number of aromatic nitrogens is 2. The summed E-state index contributed by atoms with van der Waals surface area (Å²) in [6.07, 6.45) is 4.06. The molecular formula is C11H21N5O2S2. The summed E-state index contributed by atoms with van der Waals surface area (Å²) in [4.78, 5) is 8.66. The highest BCUT2D eigenvalue weighted by Crippen LogP contribution is 2.17. The van der Waals surface area contributed by atoms with Crippen LogP contribution < -0.4 is 15.4 Å². The third-order valence-electron chi connectivity index (χ3n) is 2.24. The Morgan fingerprint density at radius 3 is 2.25 bits per heavy atom. The van der Waals surface area contributed by atoms with Crippen LogP contribution >= 0.6 is 11.8 Å². The molecule has 0 radical (unpaired) electrons. The Bertz CT molecular complexity index is 522. The number of nitrogens with zero attached hydrogens (tertiary/aromatic N) is 2. The van der Waals surface area contributed by atoms with Crippen LogP contribution in [-0.4, -0.2) is 50.5 Å². The molecule has 1 heterocycles. The molecule has 1 aromatic rings. The normalized spacial score (nSPS) is 11.3. The number of sulfonamides is 1. The van der Waals surface area contributed by atoms with E-state index in [1.165, 1.54) is 11.8 Å². The van der Waals surface area contributed by atoms with Gasteiger partial charge in [-0.15, -0.1) is 0 Å². The van der Waals surface area contributed by atoms with Crippen molar-refractivity contribution in [2.24, 2.45) is 0 Å². The first kappa shape index (κ1) is 17.0. The van der Waals surface area contributed by atoms with E-state index in [0.29, 0.717) is 24.1 Å². The highest BCUT2D eigenvalue weighted by atomic mass is 32.2. The van der Waals surface area contributed by atoms with Crippen LogP contribution in [0.25, 0.3) is 0 Å².